The van der Waals surface area contributed by atoms with Crippen LogP contribution in [0, 0.1) is 5.92 Å². The van der Waals surface area contributed by atoms with Crippen molar-refractivity contribution in [3.63, 3.8) is 0 Å². The van der Waals surface area contributed by atoms with Gasteiger partial charge in [-0.1, -0.05) is 0 Å². The standard InChI is InChI=1S/C8H15F2NO.ClH/c9-8(10)3-1-6(2-4-8)7(12)5-11;/h6-7,12H,1-5,11H2;1H. The van der Waals surface area contributed by atoms with E-state index in [-0.39, 0.29) is 37.7 Å². The van der Waals surface area contributed by atoms with E-state index in [2.05, 4.69) is 0 Å². The van der Waals surface area contributed by atoms with E-state index < -0.39 is 12.0 Å². The van der Waals surface area contributed by atoms with Gasteiger partial charge in [-0.25, -0.2) is 8.78 Å². The van der Waals surface area contributed by atoms with E-state index in [0.717, 1.165) is 0 Å². The third-order valence-electron chi connectivity index (χ3n) is 2.55. The van der Waals surface area contributed by atoms with Crippen molar-refractivity contribution in [1.29, 1.82) is 0 Å². The van der Waals surface area contributed by atoms with Crippen LogP contribution in [0.3, 0.4) is 0 Å². The maximum Gasteiger partial charge on any atom is 0.248 e. The van der Waals surface area contributed by atoms with Gasteiger partial charge in [-0.15, -0.1) is 12.4 Å². The minimum Gasteiger partial charge on any atom is -0.392 e. The van der Waals surface area contributed by atoms with E-state index in [1.807, 2.05) is 0 Å². The van der Waals surface area contributed by atoms with Gasteiger partial charge < -0.3 is 10.8 Å². The van der Waals surface area contributed by atoms with Gasteiger partial charge in [0, 0.05) is 19.4 Å². The fraction of sp³-hybridized carbons (Fsp3) is 1.00. The third-order valence-corrected chi connectivity index (χ3v) is 2.55. The zero-order valence-electron chi connectivity index (χ0n) is 7.38. The molecule has 0 aromatic rings. The summed E-state index contributed by atoms with van der Waals surface area (Å²) in [5, 5.41) is 9.28. The molecule has 1 rings (SSSR count). The molecule has 1 aliphatic rings. The van der Waals surface area contributed by atoms with Crippen LogP contribution in [0.4, 0.5) is 8.78 Å². The van der Waals surface area contributed by atoms with Gasteiger partial charge in [0.15, 0.2) is 0 Å². The molecule has 0 heterocycles. The van der Waals surface area contributed by atoms with E-state index in [9.17, 15) is 13.9 Å². The molecular formula is C8H16ClF2NO. The first-order chi connectivity index (χ1) is 5.55. The quantitative estimate of drug-likeness (QED) is 0.734. The average Bonchev–Trinajstić information content (AvgIpc) is 2.03. The summed E-state index contributed by atoms with van der Waals surface area (Å²) in [6.45, 7) is 0.177. The summed E-state index contributed by atoms with van der Waals surface area (Å²) < 4.78 is 25.3. The molecule has 1 aliphatic carbocycles. The molecule has 13 heavy (non-hydrogen) atoms. The SMILES string of the molecule is Cl.NCC(O)C1CCC(F)(F)CC1. The molecule has 0 bridgehead atoms. The summed E-state index contributed by atoms with van der Waals surface area (Å²) in [5.41, 5.74) is 5.23. The lowest BCUT2D eigenvalue weighted by Crippen LogP contribution is -2.35. The number of nitrogens with two attached hydrogens (primary N) is 1. The lowest BCUT2D eigenvalue weighted by atomic mass is 9.83. The first kappa shape index (κ1) is 13.1. The molecule has 0 aliphatic heterocycles. The van der Waals surface area contributed by atoms with Crippen molar-refractivity contribution in [2.75, 3.05) is 6.54 Å². The van der Waals surface area contributed by atoms with Gasteiger partial charge in [0.2, 0.25) is 5.92 Å². The zero-order chi connectivity index (χ0) is 9.19. The van der Waals surface area contributed by atoms with Crippen molar-refractivity contribution in [3.8, 4) is 0 Å². The summed E-state index contributed by atoms with van der Waals surface area (Å²) in [4.78, 5) is 0. The molecule has 0 aromatic heterocycles. The summed E-state index contributed by atoms with van der Waals surface area (Å²) in [7, 11) is 0. The van der Waals surface area contributed by atoms with Crippen LogP contribution in [0.1, 0.15) is 25.7 Å². The van der Waals surface area contributed by atoms with Crippen LogP contribution in [-0.2, 0) is 0 Å². The normalized spacial score (nSPS) is 24.9. The van der Waals surface area contributed by atoms with E-state index in [4.69, 9.17) is 5.73 Å². The Hall–Kier alpha value is 0.0700. The summed E-state index contributed by atoms with van der Waals surface area (Å²) in [5.74, 6) is -2.53. The second kappa shape index (κ2) is 5.08. The van der Waals surface area contributed by atoms with Crippen LogP contribution >= 0.6 is 12.4 Å². The Morgan fingerprint density at radius 3 is 2.23 bits per heavy atom. The number of aliphatic hydroxyl groups is 1. The Kier molecular flexibility index (Phi) is 5.10. The van der Waals surface area contributed by atoms with Crippen molar-refractivity contribution < 1.29 is 13.9 Å². The molecule has 0 amide bonds. The molecular weight excluding hydrogens is 200 g/mol. The molecule has 0 aromatic carbocycles. The largest absolute Gasteiger partial charge is 0.392 e. The molecule has 0 radical (unpaired) electrons. The zero-order valence-corrected chi connectivity index (χ0v) is 8.20. The van der Waals surface area contributed by atoms with Gasteiger partial charge in [-0.3, -0.25) is 0 Å². The van der Waals surface area contributed by atoms with Gasteiger partial charge in [0.1, 0.15) is 0 Å². The molecule has 1 saturated carbocycles. The maximum atomic E-state index is 12.6. The van der Waals surface area contributed by atoms with Crippen molar-refractivity contribution >= 4 is 12.4 Å². The number of rotatable bonds is 2. The van der Waals surface area contributed by atoms with Gasteiger partial charge in [-0.05, 0) is 18.8 Å². The minimum atomic E-state index is -2.51. The predicted octanol–water partition coefficient (Wildman–Crippen LogP) is 1.55. The van der Waals surface area contributed by atoms with Gasteiger partial charge >= 0.3 is 0 Å². The molecule has 1 fully saturated rings. The minimum absolute atomic E-state index is 0. The summed E-state index contributed by atoms with van der Waals surface area (Å²) in [6.07, 6.45) is -0.0127. The van der Waals surface area contributed by atoms with Gasteiger partial charge in [-0.2, -0.15) is 0 Å². The van der Waals surface area contributed by atoms with Crippen LogP contribution < -0.4 is 5.73 Å². The highest BCUT2D eigenvalue weighted by atomic mass is 35.5. The molecule has 1 atom stereocenters. The Balaban J connectivity index is 0.00000144. The first-order valence-electron chi connectivity index (χ1n) is 4.31. The van der Waals surface area contributed by atoms with Gasteiger partial charge in [0.25, 0.3) is 0 Å². The first-order valence-corrected chi connectivity index (χ1v) is 4.31. The summed E-state index contributed by atoms with van der Waals surface area (Å²) >= 11 is 0. The Morgan fingerprint density at radius 1 is 1.38 bits per heavy atom. The van der Waals surface area contributed by atoms with Crippen LogP contribution in [0.2, 0.25) is 0 Å². The number of halogens is 3. The molecule has 5 heteroatoms. The second-order valence-corrected chi connectivity index (χ2v) is 3.50. The molecule has 0 saturated heterocycles. The van der Waals surface area contributed by atoms with E-state index in [0.29, 0.717) is 12.8 Å². The van der Waals surface area contributed by atoms with Crippen LogP contribution in [0.25, 0.3) is 0 Å². The Labute approximate surface area is 82.9 Å². The number of hydrogen-bond donors (Lipinski definition) is 2. The lowest BCUT2D eigenvalue weighted by molar-refractivity contribution is -0.0609. The van der Waals surface area contributed by atoms with Crippen molar-refractivity contribution in [2.24, 2.45) is 11.7 Å². The molecule has 3 N–H and O–H groups in total. The number of alkyl halides is 2. The van der Waals surface area contributed by atoms with Crippen molar-refractivity contribution in [2.45, 2.75) is 37.7 Å². The van der Waals surface area contributed by atoms with Crippen LogP contribution in [0.15, 0.2) is 0 Å². The summed E-state index contributed by atoms with van der Waals surface area (Å²) in [6, 6.07) is 0. The second-order valence-electron chi connectivity index (χ2n) is 3.50. The van der Waals surface area contributed by atoms with Crippen molar-refractivity contribution in [1.82, 2.24) is 0 Å². The van der Waals surface area contributed by atoms with E-state index >= 15 is 0 Å². The molecule has 2 nitrogen and oxygen atoms in total. The highest BCUT2D eigenvalue weighted by molar-refractivity contribution is 5.85. The third kappa shape index (κ3) is 3.75. The fourth-order valence-corrected chi connectivity index (χ4v) is 1.64. The van der Waals surface area contributed by atoms with E-state index in [1.165, 1.54) is 0 Å². The molecule has 0 spiro atoms. The fourth-order valence-electron chi connectivity index (χ4n) is 1.64. The monoisotopic (exact) mass is 215 g/mol. The maximum absolute atomic E-state index is 12.6. The lowest BCUT2D eigenvalue weighted by Gasteiger charge is -2.30. The van der Waals surface area contributed by atoms with Crippen molar-refractivity contribution in [3.05, 3.63) is 0 Å². The van der Waals surface area contributed by atoms with Gasteiger partial charge in [0.05, 0.1) is 6.10 Å². The Bertz CT molecular complexity index is 147. The topological polar surface area (TPSA) is 46.2 Å². The van der Waals surface area contributed by atoms with Crippen LogP contribution in [-0.4, -0.2) is 23.7 Å². The molecule has 1 unspecified atom stereocenters. The smallest absolute Gasteiger partial charge is 0.248 e. The predicted molar refractivity (Wildman–Crippen MR) is 49.2 cm³/mol. The van der Waals surface area contributed by atoms with E-state index in [1.54, 1.807) is 0 Å². The van der Waals surface area contributed by atoms with Crippen LogP contribution in [0.5, 0.6) is 0 Å². The highest BCUT2D eigenvalue weighted by Crippen LogP contribution is 2.37. The molecule has 80 valence electrons. The average molecular weight is 216 g/mol. The Morgan fingerprint density at radius 2 is 1.85 bits per heavy atom. The number of aliphatic hydroxyl groups excluding tert-OH is 1. The number of hydrogen-bond acceptors (Lipinski definition) is 2. The highest BCUT2D eigenvalue weighted by Gasteiger charge is 2.36.